The van der Waals surface area contributed by atoms with Gasteiger partial charge in [-0.25, -0.2) is 0 Å². The zero-order valence-corrected chi connectivity index (χ0v) is 8.93. The molecule has 0 aliphatic rings. The molecule has 5 heteroatoms. The summed E-state index contributed by atoms with van der Waals surface area (Å²) in [5, 5.41) is 8.40. The van der Waals surface area contributed by atoms with Crippen molar-refractivity contribution in [2.24, 2.45) is 5.92 Å². The highest BCUT2D eigenvalue weighted by molar-refractivity contribution is 5.88. The molecule has 0 saturated heterocycles. The Morgan fingerprint density at radius 3 is 2.47 bits per heavy atom. The minimum atomic E-state index is -1.03. The van der Waals surface area contributed by atoms with Crippen LogP contribution in [-0.4, -0.2) is 29.4 Å². The standard InChI is InChI=1S/C10H16O5/c1-3-7(2)15-10(14)8(6-11)4-5-9(12)13/h6-8H,3-5H2,1-2H3,(H,12,13). The summed E-state index contributed by atoms with van der Waals surface area (Å²) in [6, 6.07) is 0. The van der Waals surface area contributed by atoms with E-state index in [1.807, 2.05) is 6.92 Å². The lowest BCUT2D eigenvalue weighted by molar-refractivity contribution is -0.154. The third-order valence-corrected chi connectivity index (χ3v) is 2.03. The molecule has 0 aliphatic carbocycles. The molecule has 0 aromatic rings. The fraction of sp³-hybridized carbons (Fsp3) is 0.700. The van der Waals surface area contributed by atoms with E-state index in [0.717, 1.165) is 0 Å². The van der Waals surface area contributed by atoms with E-state index < -0.39 is 17.9 Å². The minimum absolute atomic E-state index is 0.00585. The van der Waals surface area contributed by atoms with Crippen molar-refractivity contribution in [1.82, 2.24) is 0 Å². The van der Waals surface area contributed by atoms with Crippen molar-refractivity contribution >= 4 is 18.2 Å². The number of ether oxygens (including phenoxy) is 1. The first-order valence-electron chi connectivity index (χ1n) is 4.88. The lowest BCUT2D eigenvalue weighted by atomic mass is 10.1. The van der Waals surface area contributed by atoms with Crippen LogP contribution in [0, 0.1) is 5.92 Å². The van der Waals surface area contributed by atoms with E-state index in [0.29, 0.717) is 12.7 Å². The van der Waals surface area contributed by atoms with Crippen molar-refractivity contribution in [3.05, 3.63) is 0 Å². The summed E-state index contributed by atoms with van der Waals surface area (Å²) in [6.07, 6.45) is 0.640. The molecule has 0 aromatic heterocycles. The highest BCUT2D eigenvalue weighted by atomic mass is 16.5. The maximum Gasteiger partial charge on any atom is 0.316 e. The summed E-state index contributed by atoms with van der Waals surface area (Å²) in [4.78, 5) is 32.1. The number of carbonyl (C=O) groups excluding carboxylic acids is 2. The fourth-order valence-corrected chi connectivity index (χ4v) is 0.889. The first-order valence-corrected chi connectivity index (χ1v) is 4.88. The summed E-state index contributed by atoms with van der Waals surface area (Å²) in [6.45, 7) is 3.57. The maximum absolute atomic E-state index is 11.3. The van der Waals surface area contributed by atoms with Crippen LogP contribution in [-0.2, 0) is 19.1 Å². The second-order valence-corrected chi connectivity index (χ2v) is 3.33. The van der Waals surface area contributed by atoms with Crippen LogP contribution in [0.4, 0.5) is 0 Å². The Kier molecular flexibility index (Phi) is 6.33. The Morgan fingerprint density at radius 1 is 1.47 bits per heavy atom. The predicted molar refractivity (Wildman–Crippen MR) is 52.3 cm³/mol. The van der Waals surface area contributed by atoms with E-state index in [-0.39, 0.29) is 18.9 Å². The molecule has 86 valence electrons. The van der Waals surface area contributed by atoms with Crippen molar-refractivity contribution in [3.8, 4) is 0 Å². The molecule has 0 rings (SSSR count). The molecule has 1 N–H and O–H groups in total. The molecular formula is C10H16O5. The number of carboxylic acid groups (broad SMARTS) is 1. The van der Waals surface area contributed by atoms with Crippen LogP contribution in [0.1, 0.15) is 33.1 Å². The van der Waals surface area contributed by atoms with Crippen molar-refractivity contribution in [2.45, 2.75) is 39.2 Å². The molecule has 0 amide bonds. The highest BCUT2D eigenvalue weighted by Gasteiger charge is 2.21. The van der Waals surface area contributed by atoms with Gasteiger partial charge in [0.2, 0.25) is 0 Å². The number of hydrogen-bond acceptors (Lipinski definition) is 4. The highest BCUT2D eigenvalue weighted by Crippen LogP contribution is 2.09. The van der Waals surface area contributed by atoms with E-state index in [1.54, 1.807) is 6.92 Å². The average molecular weight is 216 g/mol. The zero-order chi connectivity index (χ0) is 11.8. The van der Waals surface area contributed by atoms with Crippen molar-refractivity contribution in [2.75, 3.05) is 0 Å². The van der Waals surface area contributed by atoms with E-state index in [1.165, 1.54) is 0 Å². The monoisotopic (exact) mass is 216 g/mol. The van der Waals surface area contributed by atoms with Gasteiger partial charge in [-0.05, 0) is 19.8 Å². The van der Waals surface area contributed by atoms with Crippen molar-refractivity contribution in [1.29, 1.82) is 0 Å². The predicted octanol–water partition coefficient (Wildman–Crippen LogP) is 1.01. The zero-order valence-electron chi connectivity index (χ0n) is 8.93. The average Bonchev–Trinajstić information content (AvgIpc) is 2.18. The van der Waals surface area contributed by atoms with Gasteiger partial charge in [0.1, 0.15) is 12.2 Å². The van der Waals surface area contributed by atoms with Gasteiger partial charge in [-0.1, -0.05) is 6.92 Å². The number of hydrogen-bond donors (Lipinski definition) is 1. The van der Waals surface area contributed by atoms with Crippen molar-refractivity contribution < 1.29 is 24.2 Å². The number of esters is 1. The summed E-state index contributed by atoms with van der Waals surface area (Å²) in [7, 11) is 0. The van der Waals surface area contributed by atoms with Gasteiger partial charge in [0.25, 0.3) is 0 Å². The minimum Gasteiger partial charge on any atom is -0.481 e. The van der Waals surface area contributed by atoms with Crippen LogP contribution < -0.4 is 0 Å². The molecule has 2 atom stereocenters. The Hall–Kier alpha value is -1.39. The molecule has 5 nitrogen and oxygen atoms in total. The van der Waals surface area contributed by atoms with Crippen LogP contribution in [0.2, 0.25) is 0 Å². The first-order chi connectivity index (χ1) is 7.01. The third-order valence-electron chi connectivity index (χ3n) is 2.03. The van der Waals surface area contributed by atoms with Gasteiger partial charge in [-0.15, -0.1) is 0 Å². The maximum atomic E-state index is 11.3. The lowest BCUT2D eigenvalue weighted by Gasteiger charge is -2.13. The van der Waals surface area contributed by atoms with Crippen LogP contribution in [0.15, 0.2) is 0 Å². The topological polar surface area (TPSA) is 80.7 Å². The van der Waals surface area contributed by atoms with E-state index in [2.05, 4.69) is 0 Å². The number of aliphatic carboxylic acids is 1. The van der Waals surface area contributed by atoms with Gasteiger partial charge in [-0.2, -0.15) is 0 Å². The summed E-state index contributed by atoms with van der Waals surface area (Å²) >= 11 is 0. The van der Waals surface area contributed by atoms with Gasteiger partial charge in [-0.3, -0.25) is 9.59 Å². The van der Waals surface area contributed by atoms with E-state index in [4.69, 9.17) is 9.84 Å². The molecule has 0 spiro atoms. The smallest absolute Gasteiger partial charge is 0.316 e. The molecule has 0 fully saturated rings. The number of carbonyl (C=O) groups is 3. The lowest BCUT2D eigenvalue weighted by Crippen LogP contribution is -2.24. The molecule has 0 heterocycles. The van der Waals surface area contributed by atoms with Crippen LogP contribution in [0.3, 0.4) is 0 Å². The molecule has 0 radical (unpaired) electrons. The van der Waals surface area contributed by atoms with Gasteiger partial charge < -0.3 is 14.6 Å². The number of aldehydes is 1. The van der Waals surface area contributed by atoms with Crippen molar-refractivity contribution in [3.63, 3.8) is 0 Å². The SMILES string of the molecule is CCC(C)OC(=O)C(C=O)CCC(=O)O. The fourth-order valence-electron chi connectivity index (χ4n) is 0.889. The van der Waals surface area contributed by atoms with Crippen LogP contribution in [0.5, 0.6) is 0 Å². The summed E-state index contributed by atoms with van der Waals surface area (Å²) < 4.78 is 4.92. The van der Waals surface area contributed by atoms with E-state index >= 15 is 0 Å². The summed E-state index contributed by atoms with van der Waals surface area (Å²) in [5.41, 5.74) is 0. The van der Waals surface area contributed by atoms with E-state index in [9.17, 15) is 14.4 Å². The molecule has 0 bridgehead atoms. The second kappa shape index (κ2) is 6.98. The third kappa shape index (κ3) is 5.83. The van der Waals surface area contributed by atoms with Gasteiger partial charge >= 0.3 is 11.9 Å². The molecule has 0 aliphatic heterocycles. The largest absolute Gasteiger partial charge is 0.481 e. The normalized spacial score (nSPS) is 14.0. The molecule has 0 saturated carbocycles. The first kappa shape index (κ1) is 13.6. The quantitative estimate of drug-likeness (QED) is 0.390. The molecular weight excluding hydrogens is 200 g/mol. The molecule has 0 aromatic carbocycles. The Morgan fingerprint density at radius 2 is 2.07 bits per heavy atom. The van der Waals surface area contributed by atoms with Gasteiger partial charge in [0, 0.05) is 6.42 Å². The van der Waals surface area contributed by atoms with Crippen LogP contribution in [0.25, 0.3) is 0 Å². The summed E-state index contributed by atoms with van der Waals surface area (Å²) in [5.74, 6) is -2.63. The second-order valence-electron chi connectivity index (χ2n) is 3.33. The number of carboxylic acids is 1. The number of rotatable bonds is 7. The molecule has 15 heavy (non-hydrogen) atoms. The van der Waals surface area contributed by atoms with Gasteiger partial charge in [0.05, 0.1) is 6.10 Å². The Balaban J connectivity index is 4.10. The molecule has 2 unspecified atom stereocenters. The Labute approximate surface area is 88.4 Å². The van der Waals surface area contributed by atoms with Crippen LogP contribution >= 0.6 is 0 Å². The van der Waals surface area contributed by atoms with Gasteiger partial charge in [0.15, 0.2) is 0 Å². The Bertz CT molecular complexity index is 236.